The van der Waals surface area contributed by atoms with Crippen LogP contribution in [0, 0.1) is 18.3 Å². The molecule has 3 amide bonds. The highest BCUT2D eigenvalue weighted by molar-refractivity contribution is 5.84. The third-order valence-electron chi connectivity index (χ3n) is 6.44. The SMILES string of the molecule is C#CCN(C(=O)[C@H]1CCC(=O)N(CCCN2CCCC2=O)C1)C1CCCCC1. The normalized spacial score (nSPS) is 23.8. The summed E-state index contributed by atoms with van der Waals surface area (Å²) in [4.78, 5) is 42.9. The fraction of sp³-hybridized carbons (Fsp3) is 0.773. The first-order chi connectivity index (χ1) is 13.6. The predicted molar refractivity (Wildman–Crippen MR) is 107 cm³/mol. The van der Waals surface area contributed by atoms with E-state index in [0.29, 0.717) is 45.4 Å². The Balaban J connectivity index is 1.54. The highest BCUT2D eigenvalue weighted by atomic mass is 16.2. The Bertz CT molecular complexity index is 621. The van der Waals surface area contributed by atoms with Crippen molar-refractivity contribution in [3.05, 3.63) is 0 Å². The van der Waals surface area contributed by atoms with Crippen molar-refractivity contribution in [3.63, 3.8) is 0 Å². The number of carbonyl (C=O) groups is 3. The van der Waals surface area contributed by atoms with E-state index in [1.165, 1.54) is 6.42 Å². The number of nitrogens with zero attached hydrogens (tertiary/aromatic N) is 3. The zero-order chi connectivity index (χ0) is 19.9. The minimum Gasteiger partial charge on any atom is -0.343 e. The van der Waals surface area contributed by atoms with Crippen LogP contribution >= 0.6 is 0 Å². The van der Waals surface area contributed by atoms with Crippen LogP contribution in [0.3, 0.4) is 0 Å². The minimum absolute atomic E-state index is 0.122. The maximum atomic E-state index is 13.2. The number of hydrogen-bond acceptors (Lipinski definition) is 3. The van der Waals surface area contributed by atoms with E-state index in [4.69, 9.17) is 6.42 Å². The van der Waals surface area contributed by atoms with Gasteiger partial charge in [0.2, 0.25) is 17.7 Å². The molecule has 3 fully saturated rings. The molecule has 0 spiro atoms. The summed E-state index contributed by atoms with van der Waals surface area (Å²) in [5, 5.41) is 0. The second-order valence-electron chi connectivity index (χ2n) is 8.38. The Morgan fingerprint density at radius 2 is 1.71 bits per heavy atom. The van der Waals surface area contributed by atoms with Crippen LogP contribution in [0.25, 0.3) is 0 Å². The molecule has 0 aromatic heterocycles. The van der Waals surface area contributed by atoms with Gasteiger partial charge in [-0.1, -0.05) is 25.2 Å². The van der Waals surface area contributed by atoms with Gasteiger partial charge in [0, 0.05) is 45.1 Å². The third-order valence-corrected chi connectivity index (χ3v) is 6.44. The Morgan fingerprint density at radius 3 is 2.39 bits per heavy atom. The average Bonchev–Trinajstić information content (AvgIpc) is 3.12. The topological polar surface area (TPSA) is 60.9 Å². The lowest BCUT2D eigenvalue weighted by Gasteiger charge is -2.38. The highest BCUT2D eigenvalue weighted by Gasteiger charge is 2.35. The summed E-state index contributed by atoms with van der Waals surface area (Å²) in [5.74, 6) is 2.97. The van der Waals surface area contributed by atoms with Crippen LogP contribution in [-0.4, -0.2) is 71.2 Å². The van der Waals surface area contributed by atoms with Gasteiger partial charge in [0.15, 0.2) is 0 Å². The van der Waals surface area contributed by atoms with Gasteiger partial charge in [0.05, 0.1) is 12.5 Å². The van der Waals surface area contributed by atoms with Crippen LogP contribution < -0.4 is 0 Å². The molecule has 1 aliphatic carbocycles. The van der Waals surface area contributed by atoms with Crippen molar-refractivity contribution < 1.29 is 14.4 Å². The molecule has 6 heteroatoms. The van der Waals surface area contributed by atoms with Crippen LogP contribution in [0.15, 0.2) is 0 Å². The van der Waals surface area contributed by atoms with Gasteiger partial charge < -0.3 is 14.7 Å². The standard InChI is InChI=1S/C22H33N3O3/c1-2-13-25(19-8-4-3-5-9-19)22(28)18-11-12-21(27)24(17-18)16-7-15-23-14-6-10-20(23)26/h1,18-19H,3-17H2/t18-/m0/s1. The van der Waals surface area contributed by atoms with Crippen LogP contribution in [0.2, 0.25) is 0 Å². The van der Waals surface area contributed by atoms with E-state index in [0.717, 1.165) is 45.1 Å². The summed E-state index contributed by atoms with van der Waals surface area (Å²) < 4.78 is 0. The fourth-order valence-electron chi connectivity index (χ4n) is 4.84. The zero-order valence-electron chi connectivity index (χ0n) is 16.9. The van der Waals surface area contributed by atoms with Crippen molar-refractivity contribution >= 4 is 17.7 Å². The Kier molecular flexibility index (Phi) is 7.36. The summed E-state index contributed by atoms with van der Waals surface area (Å²) in [5.41, 5.74) is 0. The van der Waals surface area contributed by atoms with Gasteiger partial charge in [0.25, 0.3) is 0 Å². The van der Waals surface area contributed by atoms with Crippen molar-refractivity contribution in [2.75, 3.05) is 32.7 Å². The van der Waals surface area contributed by atoms with Crippen LogP contribution in [0.4, 0.5) is 0 Å². The summed E-state index contributed by atoms with van der Waals surface area (Å²) in [6.45, 7) is 3.00. The van der Waals surface area contributed by atoms with Crippen molar-refractivity contribution in [2.24, 2.45) is 5.92 Å². The van der Waals surface area contributed by atoms with Gasteiger partial charge >= 0.3 is 0 Å². The molecule has 1 atom stereocenters. The lowest BCUT2D eigenvalue weighted by molar-refractivity contribution is -0.144. The van der Waals surface area contributed by atoms with Crippen molar-refractivity contribution in [3.8, 4) is 12.3 Å². The van der Waals surface area contributed by atoms with Crippen LogP contribution in [0.5, 0.6) is 0 Å². The lowest BCUT2D eigenvalue weighted by Crippen LogP contribution is -2.50. The van der Waals surface area contributed by atoms with Gasteiger partial charge in [-0.2, -0.15) is 0 Å². The van der Waals surface area contributed by atoms with E-state index in [9.17, 15) is 14.4 Å². The molecule has 1 saturated carbocycles. The molecule has 0 aromatic carbocycles. The third kappa shape index (κ3) is 5.06. The molecule has 2 heterocycles. The van der Waals surface area contributed by atoms with Crippen molar-refractivity contribution in [1.29, 1.82) is 0 Å². The largest absolute Gasteiger partial charge is 0.343 e. The average molecular weight is 388 g/mol. The molecular formula is C22H33N3O3. The first-order valence-corrected chi connectivity index (χ1v) is 10.9. The fourth-order valence-corrected chi connectivity index (χ4v) is 4.84. The number of likely N-dealkylation sites (tertiary alicyclic amines) is 2. The molecule has 0 radical (unpaired) electrons. The Labute approximate surface area is 168 Å². The number of carbonyl (C=O) groups excluding carboxylic acids is 3. The number of rotatable bonds is 7. The molecule has 2 saturated heterocycles. The summed E-state index contributed by atoms with van der Waals surface area (Å²) in [7, 11) is 0. The minimum atomic E-state index is -0.151. The van der Waals surface area contributed by atoms with Crippen LogP contribution in [0.1, 0.15) is 64.2 Å². The second kappa shape index (κ2) is 9.95. The zero-order valence-corrected chi connectivity index (χ0v) is 16.9. The van der Waals surface area contributed by atoms with Gasteiger partial charge in [0.1, 0.15) is 0 Å². The van der Waals surface area contributed by atoms with Gasteiger partial charge in [-0.15, -0.1) is 6.42 Å². The summed E-state index contributed by atoms with van der Waals surface area (Å²) in [6, 6.07) is 0.254. The lowest BCUT2D eigenvalue weighted by atomic mass is 9.91. The van der Waals surface area contributed by atoms with Crippen molar-refractivity contribution in [1.82, 2.24) is 14.7 Å². The summed E-state index contributed by atoms with van der Waals surface area (Å²) >= 11 is 0. The number of terminal acetylenes is 1. The van der Waals surface area contributed by atoms with Gasteiger partial charge in [-0.3, -0.25) is 14.4 Å². The van der Waals surface area contributed by atoms with E-state index in [1.54, 1.807) is 0 Å². The van der Waals surface area contributed by atoms with E-state index in [-0.39, 0.29) is 29.7 Å². The second-order valence-corrected chi connectivity index (χ2v) is 8.38. The molecule has 2 aliphatic heterocycles. The molecule has 0 aromatic rings. The maximum absolute atomic E-state index is 13.2. The molecule has 0 N–H and O–H groups in total. The molecule has 0 bridgehead atoms. The van der Waals surface area contributed by atoms with Gasteiger partial charge in [-0.25, -0.2) is 0 Å². The maximum Gasteiger partial charge on any atom is 0.228 e. The quantitative estimate of drug-likeness (QED) is 0.628. The molecule has 28 heavy (non-hydrogen) atoms. The molecule has 3 aliphatic rings. The smallest absolute Gasteiger partial charge is 0.228 e. The highest BCUT2D eigenvalue weighted by Crippen LogP contribution is 2.27. The monoisotopic (exact) mass is 387 g/mol. The number of hydrogen-bond donors (Lipinski definition) is 0. The van der Waals surface area contributed by atoms with Crippen LogP contribution in [-0.2, 0) is 14.4 Å². The Hall–Kier alpha value is -2.03. The first kappa shape index (κ1) is 20.7. The Morgan fingerprint density at radius 1 is 1.00 bits per heavy atom. The van der Waals surface area contributed by atoms with Crippen molar-refractivity contribution in [2.45, 2.75) is 70.3 Å². The van der Waals surface area contributed by atoms with E-state index < -0.39 is 0 Å². The predicted octanol–water partition coefficient (Wildman–Crippen LogP) is 2.03. The summed E-state index contributed by atoms with van der Waals surface area (Å²) in [6.07, 6.45) is 14.6. The van der Waals surface area contributed by atoms with E-state index in [1.807, 2.05) is 14.7 Å². The number of piperidine rings is 1. The molecule has 6 nitrogen and oxygen atoms in total. The molecule has 3 rings (SSSR count). The van der Waals surface area contributed by atoms with E-state index in [2.05, 4.69) is 5.92 Å². The van der Waals surface area contributed by atoms with Gasteiger partial charge in [-0.05, 0) is 32.1 Å². The molecule has 154 valence electrons. The van der Waals surface area contributed by atoms with E-state index >= 15 is 0 Å². The number of amides is 3. The first-order valence-electron chi connectivity index (χ1n) is 10.9. The molecular weight excluding hydrogens is 354 g/mol. The molecule has 0 unspecified atom stereocenters.